The Morgan fingerprint density at radius 3 is 2.62 bits per heavy atom. The quantitative estimate of drug-likeness (QED) is 0.857. The Balaban J connectivity index is 1.68. The molecule has 6 heteroatoms. The lowest BCUT2D eigenvalue weighted by atomic mass is 10.1. The Labute approximate surface area is 126 Å². The van der Waals surface area contributed by atoms with E-state index in [1.807, 2.05) is 0 Å². The molecule has 0 aliphatic carbocycles. The molecule has 0 aliphatic heterocycles. The van der Waals surface area contributed by atoms with Gasteiger partial charge in [0.15, 0.2) is 0 Å². The Hall–Kier alpha value is -2.21. The van der Waals surface area contributed by atoms with Crippen molar-refractivity contribution in [1.82, 2.24) is 10.6 Å². The molecule has 0 spiro atoms. The number of halogens is 1. The second-order valence-electron chi connectivity index (χ2n) is 4.35. The van der Waals surface area contributed by atoms with Crippen molar-refractivity contribution in [2.45, 2.75) is 6.42 Å². The maximum absolute atomic E-state index is 13.4. The molecular formula is C15H15FN2O2S. The minimum Gasteiger partial charge on any atom is -0.354 e. The average Bonchev–Trinajstić information content (AvgIpc) is 3.01. The highest BCUT2D eigenvalue weighted by Crippen LogP contribution is 2.07. The summed E-state index contributed by atoms with van der Waals surface area (Å²) in [6.45, 7) is 0.239. The van der Waals surface area contributed by atoms with Gasteiger partial charge in [-0.05, 0) is 29.5 Å². The SMILES string of the molecule is O=C(CNC(=O)c1cccs1)NCCc1ccccc1F. The number of carbonyl (C=O) groups excluding carboxylic acids is 2. The molecule has 21 heavy (non-hydrogen) atoms. The topological polar surface area (TPSA) is 58.2 Å². The van der Waals surface area contributed by atoms with Crippen LogP contribution in [0.25, 0.3) is 0 Å². The lowest BCUT2D eigenvalue weighted by Crippen LogP contribution is -2.37. The van der Waals surface area contributed by atoms with Crippen LogP contribution in [0.3, 0.4) is 0 Å². The summed E-state index contributed by atoms with van der Waals surface area (Å²) in [4.78, 5) is 23.8. The normalized spacial score (nSPS) is 10.1. The van der Waals surface area contributed by atoms with Crippen LogP contribution < -0.4 is 10.6 Å². The number of thiophene rings is 1. The van der Waals surface area contributed by atoms with E-state index >= 15 is 0 Å². The molecule has 0 radical (unpaired) electrons. The van der Waals surface area contributed by atoms with Crippen LogP contribution in [0, 0.1) is 5.82 Å². The van der Waals surface area contributed by atoms with Gasteiger partial charge in [0, 0.05) is 6.54 Å². The summed E-state index contributed by atoms with van der Waals surface area (Å²) < 4.78 is 13.4. The second-order valence-corrected chi connectivity index (χ2v) is 5.30. The van der Waals surface area contributed by atoms with E-state index in [2.05, 4.69) is 10.6 Å². The van der Waals surface area contributed by atoms with Gasteiger partial charge in [-0.25, -0.2) is 4.39 Å². The van der Waals surface area contributed by atoms with Crippen LogP contribution in [0.4, 0.5) is 4.39 Å². The monoisotopic (exact) mass is 306 g/mol. The second kappa shape index (κ2) is 7.54. The van der Waals surface area contributed by atoms with Crippen molar-refractivity contribution >= 4 is 23.2 Å². The number of benzene rings is 1. The van der Waals surface area contributed by atoms with Crippen LogP contribution in [0.15, 0.2) is 41.8 Å². The molecule has 2 N–H and O–H groups in total. The zero-order chi connectivity index (χ0) is 15.1. The lowest BCUT2D eigenvalue weighted by Gasteiger charge is -2.07. The maximum Gasteiger partial charge on any atom is 0.261 e. The van der Waals surface area contributed by atoms with Crippen molar-refractivity contribution in [2.75, 3.05) is 13.1 Å². The Morgan fingerprint density at radius 1 is 1.10 bits per heavy atom. The number of carbonyl (C=O) groups is 2. The summed E-state index contributed by atoms with van der Waals surface area (Å²) in [5.41, 5.74) is 0.556. The number of hydrogen-bond donors (Lipinski definition) is 2. The molecule has 2 amide bonds. The van der Waals surface area contributed by atoms with Crippen molar-refractivity contribution in [3.63, 3.8) is 0 Å². The number of nitrogens with one attached hydrogen (secondary N) is 2. The highest BCUT2D eigenvalue weighted by Gasteiger charge is 2.08. The maximum atomic E-state index is 13.4. The van der Waals surface area contributed by atoms with Crippen LogP contribution in [-0.2, 0) is 11.2 Å². The molecule has 2 aromatic rings. The first-order valence-corrected chi connectivity index (χ1v) is 7.36. The third kappa shape index (κ3) is 4.68. The standard InChI is InChI=1S/C15H15FN2O2S/c16-12-5-2-1-4-11(12)7-8-17-14(19)10-18-15(20)13-6-3-9-21-13/h1-6,9H,7-8,10H2,(H,17,19)(H,18,20). The fourth-order valence-electron chi connectivity index (χ4n) is 1.76. The molecule has 2 rings (SSSR count). The van der Waals surface area contributed by atoms with Gasteiger partial charge >= 0.3 is 0 Å². The zero-order valence-electron chi connectivity index (χ0n) is 11.3. The van der Waals surface area contributed by atoms with Crippen molar-refractivity contribution in [3.8, 4) is 0 Å². The highest BCUT2D eigenvalue weighted by atomic mass is 32.1. The van der Waals surface area contributed by atoms with E-state index in [0.29, 0.717) is 23.4 Å². The molecule has 1 heterocycles. The first-order valence-electron chi connectivity index (χ1n) is 6.48. The molecule has 0 unspecified atom stereocenters. The molecule has 1 aromatic carbocycles. The van der Waals surface area contributed by atoms with Crippen molar-refractivity contribution < 1.29 is 14.0 Å². The zero-order valence-corrected chi connectivity index (χ0v) is 12.1. The van der Waals surface area contributed by atoms with Crippen molar-refractivity contribution in [3.05, 3.63) is 58.0 Å². The van der Waals surface area contributed by atoms with Crippen LogP contribution in [0.5, 0.6) is 0 Å². The fraction of sp³-hybridized carbons (Fsp3) is 0.200. The highest BCUT2D eigenvalue weighted by molar-refractivity contribution is 7.12. The molecule has 0 aliphatic rings. The van der Waals surface area contributed by atoms with Gasteiger partial charge in [-0.1, -0.05) is 24.3 Å². The fourth-order valence-corrected chi connectivity index (χ4v) is 2.40. The van der Waals surface area contributed by atoms with Crippen LogP contribution >= 0.6 is 11.3 Å². The Morgan fingerprint density at radius 2 is 1.90 bits per heavy atom. The first-order chi connectivity index (χ1) is 10.2. The summed E-state index contributed by atoms with van der Waals surface area (Å²) in [5, 5.41) is 6.97. The van der Waals surface area contributed by atoms with Crippen LogP contribution in [-0.4, -0.2) is 24.9 Å². The predicted molar refractivity (Wildman–Crippen MR) is 79.8 cm³/mol. The minimum atomic E-state index is -0.295. The summed E-state index contributed by atoms with van der Waals surface area (Å²) in [5.74, 6) is -0.844. The minimum absolute atomic E-state index is 0.0893. The smallest absolute Gasteiger partial charge is 0.261 e. The van der Waals surface area contributed by atoms with Crippen molar-refractivity contribution in [1.29, 1.82) is 0 Å². The molecule has 0 saturated carbocycles. The third-order valence-corrected chi connectivity index (χ3v) is 3.70. The number of rotatable bonds is 6. The van der Waals surface area contributed by atoms with Gasteiger partial charge in [0.2, 0.25) is 5.91 Å². The van der Waals surface area contributed by atoms with E-state index < -0.39 is 0 Å². The summed E-state index contributed by atoms with van der Waals surface area (Å²) in [6.07, 6.45) is 0.414. The first kappa shape index (κ1) is 15.2. The van der Waals surface area contributed by atoms with Gasteiger partial charge in [0.05, 0.1) is 11.4 Å². The lowest BCUT2D eigenvalue weighted by molar-refractivity contribution is -0.120. The van der Waals surface area contributed by atoms with E-state index in [1.54, 1.807) is 35.7 Å². The van der Waals surface area contributed by atoms with Crippen LogP contribution in [0.1, 0.15) is 15.2 Å². The molecule has 0 atom stereocenters. The third-order valence-electron chi connectivity index (χ3n) is 2.83. The van der Waals surface area contributed by atoms with Gasteiger partial charge in [0.25, 0.3) is 5.91 Å². The van der Waals surface area contributed by atoms with E-state index in [1.165, 1.54) is 17.4 Å². The molecule has 1 aromatic heterocycles. The molecule has 4 nitrogen and oxygen atoms in total. The van der Waals surface area contributed by atoms with Crippen LogP contribution in [0.2, 0.25) is 0 Å². The average molecular weight is 306 g/mol. The number of hydrogen-bond acceptors (Lipinski definition) is 3. The predicted octanol–water partition coefficient (Wildman–Crippen LogP) is 1.98. The van der Waals surface area contributed by atoms with Gasteiger partial charge in [-0.3, -0.25) is 9.59 Å². The summed E-state index contributed by atoms with van der Waals surface area (Å²) in [6, 6.07) is 9.90. The van der Waals surface area contributed by atoms with E-state index in [9.17, 15) is 14.0 Å². The van der Waals surface area contributed by atoms with E-state index in [-0.39, 0.29) is 24.2 Å². The summed E-state index contributed by atoms with van der Waals surface area (Å²) in [7, 11) is 0. The summed E-state index contributed by atoms with van der Waals surface area (Å²) >= 11 is 1.31. The van der Waals surface area contributed by atoms with Gasteiger partial charge in [-0.2, -0.15) is 0 Å². The van der Waals surface area contributed by atoms with E-state index in [4.69, 9.17) is 0 Å². The molecule has 110 valence electrons. The molecular weight excluding hydrogens is 291 g/mol. The largest absolute Gasteiger partial charge is 0.354 e. The van der Waals surface area contributed by atoms with Gasteiger partial charge in [0.1, 0.15) is 5.82 Å². The molecule has 0 fully saturated rings. The molecule has 0 bridgehead atoms. The number of amides is 2. The van der Waals surface area contributed by atoms with Gasteiger partial charge < -0.3 is 10.6 Å². The Kier molecular flexibility index (Phi) is 5.45. The van der Waals surface area contributed by atoms with E-state index in [0.717, 1.165) is 0 Å². The van der Waals surface area contributed by atoms with Crippen molar-refractivity contribution in [2.24, 2.45) is 0 Å². The molecule has 0 saturated heterocycles. The van der Waals surface area contributed by atoms with Gasteiger partial charge in [-0.15, -0.1) is 11.3 Å². The Bertz CT molecular complexity index is 614.